The van der Waals surface area contributed by atoms with Crippen molar-refractivity contribution in [1.82, 2.24) is 0 Å². The molecule has 0 radical (unpaired) electrons. The monoisotopic (exact) mass is 161 g/mol. The standard InChI is InChI=1S/C10H11NO/c1-9(7-8-12)11-10-5-3-2-4-6-10/h2-8,11H,1H3/b9-7-. The van der Waals surface area contributed by atoms with Crippen molar-refractivity contribution in [1.29, 1.82) is 0 Å². The highest BCUT2D eigenvalue weighted by Crippen LogP contribution is 2.07. The van der Waals surface area contributed by atoms with Gasteiger partial charge in [-0.05, 0) is 25.1 Å². The van der Waals surface area contributed by atoms with E-state index in [1.807, 2.05) is 37.3 Å². The summed E-state index contributed by atoms with van der Waals surface area (Å²) in [6, 6.07) is 9.72. The second kappa shape index (κ2) is 4.34. The Hall–Kier alpha value is -1.57. The van der Waals surface area contributed by atoms with E-state index in [1.165, 1.54) is 6.08 Å². The highest BCUT2D eigenvalue weighted by molar-refractivity contribution is 5.67. The Kier molecular flexibility index (Phi) is 3.08. The molecule has 1 aromatic carbocycles. The molecular weight excluding hydrogens is 150 g/mol. The minimum atomic E-state index is 0.769. The van der Waals surface area contributed by atoms with Gasteiger partial charge < -0.3 is 5.32 Å². The molecule has 0 unspecified atom stereocenters. The largest absolute Gasteiger partial charge is 0.359 e. The zero-order valence-corrected chi connectivity index (χ0v) is 6.95. The molecule has 12 heavy (non-hydrogen) atoms. The van der Waals surface area contributed by atoms with Crippen molar-refractivity contribution in [3.8, 4) is 0 Å². The minimum absolute atomic E-state index is 0.769. The average molecular weight is 161 g/mol. The van der Waals surface area contributed by atoms with E-state index in [0.717, 1.165) is 17.7 Å². The van der Waals surface area contributed by atoms with E-state index in [2.05, 4.69) is 5.32 Å². The van der Waals surface area contributed by atoms with Crippen LogP contribution in [0.5, 0.6) is 0 Å². The number of carbonyl (C=O) groups is 1. The zero-order valence-electron chi connectivity index (χ0n) is 6.95. The molecular formula is C10H11NO. The van der Waals surface area contributed by atoms with Gasteiger partial charge in [0.1, 0.15) is 6.29 Å². The van der Waals surface area contributed by atoms with Gasteiger partial charge >= 0.3 is 0 Å². The van der Waals surface area contributed by atoms with Crippen LogP contribution in [0.25, 0.3) is 0 Å². The van der Waals surface area contributed by atoms with Crippen molar-refractivity contribution in [3.05, 3.63) is 42.1 Å². The molecule has 0 spiro atoms. The molecule has 1 rings (SSSR count). The number of allylic oxidation sites excluding steroid dienone is 2. The normalized spacial score (nSPS) is 10.9. The molecule has 2 nitrogen and oxygen atoms in total. The van der Waals surface area contributed by atoms with Crippen molar-refractivity contribution in [2.75, 3.05) is 5.32 Å². The Morgan fingerprint density at radius 1 is 1.33 bits per heavy atom. The van der Waals surface area contributed by atoms with Gasteiger partial charge in [0.25, 0.3) is 0 Å². The molecule has 0 amide bonds. The van der Waals surface area contributed by atoms with E-state index < -0.39 is 0 Å². The van der Waals surface area contributed by atoms with Gasteiger partial charge in [-0.1, -0.05) is 18.2 Å². The molecule has 0 saturated heterocycles. The number of hydrogen-bond donors (Lipinski definition) is 1. The summed E-state index contributed by atoms with van der Waals surface area (Å²) in [6.07, 6.45) is 2.26. The molecule has 62 valence electrons. The summed E-state index contributed by atoms with van der Waals surface area (Å²) in [5.74, 6) is 0. The van der Waals surface area contributed by atoms with Gasteiger partial charge in [-0.3, -0.25) is 4.79 Å². The lowest BCUT2D eigenvalue weighted by atomic mass is 10.3. The third kappa shape index (κ3) is 2.58. The maximum Gasteiger partial charge on any atom is 0.144 e. The molecule has 1 aromatic rings. The third-order valence-corrected chi connectivity index (χ3v) is 1.43. The fourth-order valence-corrected chi connectivity index (χ4v) is 0.893. The lowest BCUT2D eigenvalue weighted by molar-refractivity contribution is -0.104. The quantitative estimate of drug-likeness (QED) is 0.544. The number of para-hydroxylation sites is 1. The Balaban J connectivity index is 2.64. The molecule has 0 bridgehead atoms. The number of rotatable bonds is 3. The van der Waals surface area contributed by atoms with Crippen LogP contribution < -0.4 is 5.32 Å². The van der Waals surface area contributed by atoms with Crippen molar-refractivity contribution in [3.63, 3.8) is 0 Å². The van der Waals surface area contributed by atoms with Crippen molar-refractivity contribution in [2.45, 2.75) is 6.92 Å². The zero-order chi connectivity index (χ0) is 8.81. The van der Waals surface area contributed by atoms with E-state index in [1.54, 1.807) is 0 Å². The van der Waals surface area contributed by atoms with Crippen molar-refractivity contribution < 1.29 is 4.79 Å². The van der Waals surface area contributed by atoms with Crippen LogP contribution in [0.2, 0.25) is 0 Å². The fraction of sp³-hybridized carbons (Fsp3) is 0.100. The molecule has 0 heterocycles. The Morgan fingerprint density at radius 2 is 2.00 bits per heavy atom. The maximum atomic E-state index is 10.1. The van der Waals surface area contributed by atoms with Crippen LogP contribution >= 0.6 is 0 Å². The maximum absolute atomic E-state index is 10.1. The van der Waals surface area contributed by atoms with Crippen LogP contribution in [0.4, 0.5) is 5.69 Å². The SMILES string of the molecule is C/C(=C/C=O)Nc1ccccc1. The third-order valence-electron chi connectivity index (χ3n) is 1.43. The first-order valence-electron chi connectivity index (χ1n) is 3.77. The average Bonchev–Trinajstić information content (AvgIpc) is 2.06. The van der Waals surface area contributed by atoms with Gasteiger partial charge in [0.05, 0.1) is 0 Å². The predicted molar refractivity (Wildman–Crippen MR) is 49.9 cm³/mol. The van der Waals surface area contributed by atoms with Crippen LogP contribution in [-0.4, -0.2) is 6.29 Å². The van der Waals surface area contributed by atoms with Gasteiger partial charge in [0, 0.05) is 11.4 Å². The van der Waals surface area contributed by atoms with E-state index in [9.17, 15) is 4.79 Å². The first kappa shape index (κ1) is 8.53. The van der Waals surface area contributed by atoms with Crippen LogP contribution in [-0.2, 0) is 4.79 Å². The van der Waals surface area contributed by atoms with Crippen LogP contribution in [0.1, 0.15) is 6.92 Å². The first-order chi connectivity index (χ1) is 5.83. The van der Waals surface area contributed by atoms with E-state index in [0.29, 0.717) is 0 Å². The summed E-state index contributed by atoms with van der Waals surface area (Å²) in [6.45, 7) is 1.85. The summed E-state index contributed by atoms with van der Waals surface area (Å²) in [5.41, 5.74) is 1.84. The second-order valence-corrected chi connectivity index (χ2v) is 2.48. The molecule has 0 saturated carbocycles. The van der Waals surface area contributed by atoms with E-state index in [4.69, 9.17) is 0 Å². The van der Waals surface area contributed by atoms with E-state index in [-0.39, 0.29) is 0 Å². The van der Waals surface area contributed by atoms with Gasteiger partial charge in [-0.25, -0.2) is 0 Å². The van der Waals surface area contributed by atoms with Crippen molar-refractivity contribution in [2.24, 2.45) is 0 Å². The molecule has 2 heteroatoms. The molecule has 0 aliphatic carbocycles. The van der Waals surface area contributed by atoms with Crippen LogP contribution in [0, 0.1) is 0 Å². The highest BCUT2D eigenvalue weighted by Gasteiger charge is 1.88. The number of aldehydes is 1. The van der Waals surface area contributed by atoms with E-state index >= 15 is 0 Å². The first-order valence-corrected chi connectivity index (χ1v) is 3.77. The number of nitrogens with one attached hydrogen (secondary N) is 1. The number of hydrogen-bond acceptors (Lipinski definition) is 2. The van der Waals surface area contributed by atoms with Gasteiger partial charge in [0.15, 0.2) is 0 Å². The number of benzene rings is 1. The number of anilines is 1. The minimum Gasteiger partial charge on any atom is -0.359 e. The molecule has 0 fully saturated rings. The molecule has 0 atom stereocenters. The Labute approximate surface area is 71.9 Å². The summed E-state index contributed by atoms with van der Waals surface area (Å²) >= 11 is 0. The van der Waals surface area contributed by atoms with Crippen LogP contribution in [0.15, 0.2) is 42.1 Å². The molecule has 0 aliphatic heterocycles. The molecule has 0 aromatic heterocycles. The molecule has 1 N–H and O–H groups in total. The number of carbonyl (C=O) groups excluding carboxylic acids is 1. The van der Waals surface area contributed by atoms with Gasteiger partial charge in [-0.15, -0.1) is 0 Å². The van der Waals surface area contributed by atoms with Crippen molar-refractivity contribution >= 4 is 12.0 Å². The second-order valence-electron chi connectivity index (χ2n) is 2.48. The topological polar surface area (TPSA) is 29.1 Å². The summed E-state index contributed by atoms with van der Waals surface area (Å²) in [4.78, 5) is 10.1. The summed E-state index contributed by atoms with van der Waals surface area (Å²) in [5, 5.41) is 3.07. The lowest BCUT2D eigenvalue weighted by Crippen LogP contribution is -1.94. The molecule has 0 aliphatic rings. The van der Waals surface area contributed by atoms with Gasteiger partial charge in [0.2, 0.25) is 0 Å². The Bertz CT molecular complexity index is 277. The van der Waals surface area contributed by atoms with Gasteiger partial charge in [-0.2, -0.15) is 0 Å². The summed E-state index contributed by atoms with van der Waals surface area (Å²) in [7, 11) is 0. The predicted octanol–water partition coefficient (Wildman–Crippen LogP) is 2.20. The lowest BCUT2D eigenvalue weighted by Gasteiger charge is -2.03. The Morgan fingerprint density at radius 3 is 2.58 bits per heavy atom. The fourth-order valence-electron chi connectivity index (χ4n) is 0.893. The highest BCUT2D eigenvalue weighted by atomic mass is 16.1. The van der Waals surface area contributed by atoms with Crippen LogP contribution in [0.3, 0.4) is 0 Å². The smallest absolute Gasteiger partial charge is 0.144 e. The summed E-state index contributed by atoms with van der Waals surface area (Å²) < 4.78 is 0.